The summed E-state index contributed by atoms with van der Waals surface area (Å²) in [7, 11) is 0. The van der Waals surface area contributed by atoms with E-state index < -0.39 is 11.7 Å². The average molecular weight is 624 g/mol. The van der Waals surface area contributed by atoms with E-state index in [0.717, 1.165) is 23.1 Å². The van der Waals surface area contributed by atoms with Crippen molar-refractivity contribution in [1.82, 2.24) is 15.3 Å². The Kier molecular flexibility index (Phi) is 9.48. The molecule has 0 aliphatic carbocycles. The van der Waals surface area contributed by atoms with E-state index in [2.05, 4.69) is 5.32 Å². The van der Waals surface area contributed by atoms with Crippen LogP contribution < -0.4 is 10.2 Å². The van der Waals surface area contributed by atoms with Crippen LogP contribution in [0.15, 0.2) is 97.1 Å². The van der Waals surface area contributed by atoms with Crippen LogP contribution in [0.5, 0.6) is 0 Å². The number of aromatic nitrogens is 2. The molecule has 0 saturated carbocycles. The summed E-state index contributed by atoms with van der Waals surface area (Å²) >= 11 is 12.8. The Morgan fingerprint density at radius 3 is 2.33 bits per heavy atom. The molecule has 4 aromatic carbocycles. The van der Waals surface area contributed by atoms with Gasteiger partial charge in [0.25, 0.3) is 0 Å². The molecule has 1 aromatic heterocycles. The number of fused-ring (bicyclic) bond motifs is 1. The second-order valence-corrected chi connectivity index (χ2v) is 10.8. The molecule has 0 aliphatic heterocycles. The monoisotopic (exact) mass is 622 g/mol. The highest BCUT2D eigenvalue weighted by molar-refractivity contribution is 6.33. The molecular formula is C33H27Cl2F3N4O. The van der Waals surface area contributed by atoms with Crippen molar-refractivity contribution < 1.29 is 18.0 Å². The van der Waals surface area contributed by atoms with Gasteiger partial charge in [-0.3, -0.25) is 4.79 Å². The van der Waals surface area contributed by atoms with Gasteiger partial charge in [0.05, 0.1) is 16.1 Å². The zero-order chi connectivity index (χ0) is 30.4. The van der Waals surface area contributed by atoms with E-state index in [0.29, 0.717) is 57.8 Å². The third-order valence-corrected chi connectivity index (χ3v) is 7.48. The SMILES string of the molecule is O=C(CCN(CCc1ccccc1)c1nc(-c2ccccc2Cl)nc2cc(Cl)ccc12)NCc1cccc(C(F)(F)F)c1. The first-order valence-corrected chi connectivity index (χ1v) is 14.4. The number of carbonyl (C=O) groups is 1. The van der Waals surface area contributed by atoms with Crippen LogP contribution in [0.3, 0.4) is 0 Å². The van der Waals surface area contributed by atoms with E-state index in [1.807, 2.05) is 59.5 Å². The van der Waals surface area contributed by atoms with Crippen LogP contribution >= 0.6 is 23.2 Å². The van der Waals surface area contributed by atoms with Gasteiger partial charge in [0.2, 0.25) is 5.91 Å². The number of hydrogen-bond donors (Lipinski definition) is 1. The van der Waals surface area contributed by atoms with Crippen molar-refractivity contribution in [2.75, 3.05) is 18.0 Å². The van der Waals surface area contributed by atoms with Crippen molar-refractivity contribution in [2.45, 2.75) is 25.6 Å². The summed E-state index contributed by atoms with van der Waals surface area (Å²) in [6.07, 6.45) is -3.67. The van der Waals surface area contributed by atoms with E-state index in [-0.39, 0.29) is 18.9 Å². The molecule has 0 radical (unpaired) electrons. The summed E-state index contributed by atoms with van der Waals surface area (Å²) < 4.78 is 39.3. The van der Waals surface area contributed by atoms with Gasteiger partial charge in [0.15, 0.2) is 5.82 Å². The van der Waals surface area contributed by atoms with Crippen LogP contribution in [0, 0.1) is 0 Å². The van der Waals surface area contributed by atoms with Crippen molar-refractivity contribution >= 4 is 45.8 Å². The first-order chi connectivity index (χ1) is 20.7. The first kappa shape index (κ1) is 30.3. The van der Waals surface area contributed by atoms with Crippen molar-refractivity contribution in [3.05, 3.63) is 124 Å². The summed E-state index contributed by atoms with van der Waals surface area (Å²) in [5.74, 6) is 0.752. The van der Waals surface area contributed by atoms with Gasteiger partial charge in [-0.15, -0.1) is 0 Å². The van der Waals surface area contributed by atoms with E-state index in [9.17, 15) is 18.0 Å². The topological polar surface area (TPSA) is 58.1 Å². The van der Waals surface area contributed by atoms with Crippen molar-refractivity contribution in [3.8, 4) is 11.4 Å². The molecule has 1 amide bonds. The Bertz CT molecular complexity index is 1730. The Hall–Kier alpha value is -4.14. The molecule has 0 saturated heterocycles. The number of benzene rings is 4. The highest BCUT2D eigenvalue weighted by Crippen LogP contribution is 2.33. The largest absolute Gasteiger partial charge is 0.416 e. The predicted molar refractivity (Wildman–Crippen MR) is 165 cm³/mol. The molecule has 10 heteroatoms. The fraction of sp³-hybridized carbons (Fsp3) is 0.182. The average Bonchev–Trinajstić information content (AvgIpc) is 3.00. The number of hydrogen-bond acceptors (Lipinski definition) is 4. The van der Waals surface area contributed by atoms with Gasteiger partial charge in [-0.2, -0.15) is 13.2 Å². The first-order valence-electron chi connectivity index (χ1n) is 13.6. The number of carbonyl (C=O) groups excluding carboxylic acids is 1. The third-order valence-electron chi connectivity index (χ3n) is 6.92. The molecule has 0 atom stereocenters. The van der Waals surface area contributed by atoms with Gasteiger partial charge in [-0.05, 0) is 60.0 Å². The molecule has 0 unspecified atom stereocenters. The van der Waals surface area contributed by atoms with Crippen LogP contribution in [0.1, 0.15) is 23.1 Å². The van der Waals surface area contributed by atoms with Crippen LogP contribution in [0.2, 0.25) is 10.0 Å². The molecule has 0 aliphatic rings. The van der Waals surface area contributed by atoms with Gasteiger partial charge in [-0.25, -0.2) is 9.97 Å². The van der Waals surface area contributed by atoms with Crippen LogP contribution in [0.25, 0.3) is 22.3 Å². The maximum atomic E-state index is 13.1. The molecule has 1 heterocycles. The Labute approximate surface area is 257 Å². The summed E-state index contributed by atoms with van der Waals surface area (Å²) in [6.45, 7) is 0.831. The van der Waals surface area contributed by atoms with Gasteiger partial charge in [0.1, 0.15) is 5.82 Å². The summed E-state index contributed by atoms with van der Waals surface area (Å²) in [6, 6.07) is 27.6. The lowest BCUT2D eigenvalue weighted by Gasteiger charge is -2.26. The molecular weight excluding hydrogens is 596 g/mol. The molecule has 220 valence electrons. The Balaban J connectivity index is 1.42. The highest BCUT2D eigenvalue weighted by atomic mass is 35.5. The number of nitrogens with one attached hydrogen (secondary N) is 1. The quantitative estimate of drug-likeness (QED) is 0.170. The summed E-state index contributed by atoms with van der Waals surface area (Å²) in [5, 5.41) is 4.53. The third kappa shape index (κ3) is 7.83. The maximum Gasteiger partial charge on any atom is 0.416 e. The Morgan fingerprint density at radius 1 is 0.814 bits per heavy atom. The van der Waals surface area contributed by atoms with Gasteiger partial charge in [-0.1, -0.05) is 77.8 Å². The van der Waals surface area contributed by atoms with Gasteiger partial charge >= 0.3 is 6.18 Å². The minimum absolute atomic E-state index is 0.0155. The fourth-order valence-electron chi connectivity index (χ4n) is 4.71. The fourth-order valence-corrected chi connectivity index (χ4v) is 5.09. The number of alkyl halides is 3. The molecule has 0 bridgehead atoms. The number of rotatable bonds is 10. The molecule has 5 aromatic rings. The zero-order valence-electron chi connectivity index (χ0n) is 22.9. The predicted octanol–water partition coefficient (Wildman–Crippen LogP) is 8.38. The number of amides is 1. The second-order valence-electron chi connectivity index (χ2n) is 9.96. The number of anilines is 1. The molecule has 5 rings (SSSR count). The lowest BCUT2D eigenvalue weighted by atomic mass is 10.1. The standard InChI is InChI=1S/C33H27Cl2F3N4O/c34-25-13-14-27-29(20-25)40-31(26-11-4-5-12-28(26)35)41-32(27)42(17-15-22-7-2-1-3-8-22)18-16-30(43)39-21-23-9-6-10-24(19-23)33(36,37)38/h1-14,19-20H,15-18,21H2,(H,39,43). The van der Waals surface area contributed by atoms with Crippen LogP contribution in [0.4, 0.5) is 19.0 Å². The van der Waals surface area contributed by atoms with E-state index in [1.165, 1.54) is 6.07 Å². The molecule has 43 heavy (non-hydrogen) atoms. The maximum absolute atomic E-state index is 13.1. The second kappa shape index (κ2) is 13.4. The molecule has 0 fully saturated rings. The van der Waals surface area contributed by atoms with Crippen molar-refractivity contribution in [2.24, 2.45) is 0 Å². The van der Waals surface area contributed by atoms with Crippen molar-refractivity contribution in [3.63, 3.8) is 0 Å². The van der Waals surface area contributed by atoms with Crippen molar-refractivity contribution in [1.29, 1.82) is 0 Å². The number of halogens is 5. The van der Waals surface area contributed by atoms with E-state index in [1.54, 1.807) is 24.3 Å². The Morgan fingerprint density at radius 2 is 1.56 bits per heavy atom. The molecule has 5 nitrogen and oxygen atoms in total. The van der Waals surface area contributed by atoms with E-state index >= 15 is 0 Å². The normalized spacial score (nSPS) is 11.5. The van der Waals surface area contributed by atoms with Crippen LogP contribution in [-0.2, 0) is 23.9 Å². The summed E-state index contributed by atoms with van der Waals surface area (Å²) in [4.78, 5) is 24.6. The van der Waals surface area contributed by atoms with Gasteiger partial charge < -0.3 is 10.2 Å². The minimum atomic E-state index is -4.45. The minimum Gasteiger partial charge on any atom is -0.355 e. The van der Waals surface area contributed by atoms with Gasteiger partial charge in [0, 0.05) is 42.0 Å². The molecule has 1 N–H and O–H groups in total. The number of nitrogens with zero attached hydrogens (tertiary/aromatic N) is 3. The zero-order valence-corrected chi connectivity index (χ0v) is 24.4. The lowest BCUT2D eigenvalue weighted by molar-refractivity contribution is -0.137. The molecule has 0 spiro atoms. The van der Waals surface area contributed by atoms with Crippen LogP contribution in [-0.4, -0.2) is 29.0 Å². The van der Waals surface area contributed by atoms with E-state index in [4.69, 9.17) is 33.2 Å². The highest BCUT2D eigenvalue weighted by Gasteiger charge is 2.30. The smallest absolute Gasteiger partial charge is 0.355 e. The lowest BCUT2D eigenvalue weighted by Crippen LogP contribution is -2.33. The summed E-state index contributed by atoms with van der Waals surface area (Å²) in [5.41, 5.74) is 2.03.